The zero-order chi connectivity index (χ0) is 21.2. The topological polar surface area (TPSA) is 38.8 Å². The molecule has 0 fully saturated rings. The van der Waals surface area contributed by atoms with Gasteiger partial charge in [0.2, 0.25) is 0 Å². The third kappa shape index (κ3) is 6.68. The van der Waals surface area contributed by atoms with Crippen LogP contribution in [0.5, 0.6) is 5.75 Å². The van der Waals surface area contributed by atoms with Crippen molar-refractivity contribution in [2.24, 2.45) is 0 Å². The number of benzene rings is 1. The summed E-state index contributed by atoms with van der Waals surface area (Å²) in [5.41, 5.74) is 4.73. The molecule has 0 saturated heterocycles. The van der Waals surface area contributed by atoms with Gasteiger partial charge in [0.25, 0.3) is 0 Å². The highest BCUT2D eigenvalue weighted by Gasteiger charge is 2.20. The van der Waals surface area contributed by atoms with Crippen molar-refractivity contribution in [3.63, 3.8) is 0 Å². The number of hydrogen-bond donors (Lipinski definition) is 0. The molecule has 0 aromatic heterocycles. The lowest BCUT2D eigenvalue weighted by Crippen LogP contribution is -2.30. The zero-order valence-corrected chi connectivity index (χ0v) is 18.5. The highest BCUT2D eigenvalue weighted by molar-refractivity contribution is 5.96. The van der Waals surface area contributed by atoms with E-state index in [0.717, 1.165) is 63.2 Å². The monoisotopic (exact) mass is 409 g/mol. The van der Waals surface area contributed by atoms with Crippen molar-refractivity contribution in [2.75, 3.05) is 26.3 Å². The second-order valence-corrected chi connectivity index (χ2v) is 8.05. The van der Waals surface area contributed by atoms with Crippen molar-refractivity contribution in [3.05, 3.63) is 64.8 Å². The zero-order valence-electron chi connectivity index (χ0n) is 18.5. The average Bonchev–Trinajstić information content (AvgIpc) is 2.96. The fourth-order valence-electron chi connectivity index (χ4n) is 3.94. The number of ether oxygens (including phenoxy) is 2. The lowest BCUT2D eigenvalue weighted by atomic mass is 9.97. The second kappa shape index (κ2) is 11.9. The van der Waals surface area contributed by atoms with Crippen molar-refractivity contribution in [2.45, 2.75) is 59.1 Å². The number of Topliss-reactive ketones (excluding diaryl/α,β-unsaturated/α-hetero) is 1. The summed E-state index contributed by atoms with van der Waals surface area (Å²) in [6, 6.07) is 6.35. The summed E-state index contributed by atoms with van der Waals surface area (Å²) in [6.45, 7) is 8.58. The normalized spacial score (nSPS) is 18.1. The smallest absolute Gasteiger partial charge is 0.159 e. The number of carbonyl (C=O) groups is 1. The number of fused-ring (bicyclic) bond motifs is 1. The minimum Gasteiger partial charge on any atom is -0.492 e. The molecular weight excluding hydrogens is 374 g/mol. The number of nitrogens with zero attached hydrogens (tertiary/aromatic N) is 1. The van der Waals surface area contributed by atoms with Crippen LogP contribution in [-0.4, -0.2) is 37.0 Å². The van der Waals surface area contributed by atoms with E-state index in [9.17, 15) is 4.79 Å². The first-order valence-corrected chi connectivity index (χ1v) is 11.3. The predicted molar refractivity (Wildman–Crippen MR) is 122 cm³/mol. The Morgan fingerprint density at radius 3 is 3.03 bits per heavy atom. The molecule has 0 spiro atoms. The van der Waals surface area contributed by atoms with Crippen molar-refractivity contribution >= 4 is 5.78 Å². The van der Waals surface area contributed by atoms with Crippen LogP contribution in [-0.2, 0) is 22.7 Å². The Balaban J connectivity index is 1.55. The first kappa shape index (κ1) is 22.5. The number of hydrogen-bond acceptors (Lipinski definition) is 4. The van der Waals surface area contributed by atoms with E-state index in [-0.39, 0.29) is 0 Å². The molecule has 0 radical (unpaired) electrons. The van der Waals surface area contributed by atoms with Gasteiger partial charge in [-0.15, -0.1) is 0 Å². The van der Waals surface area contributed by atoms with Gasteiger partial charge < -0.3 is 9.47 Å². The SMILES string of the molecule is CC=CC=C(CC)CCOCc1ccc2c(c1)CN(CC1=CCCCC1=O)CCO2. The predicted octanol–water partition coefficient (Wildman–Crippen LogP) is 5.38. The quantitative estimate of drug-likeness (QED) is 0.405. The van der Waals surface area contributed by atoms with Crippen LogP contribution in [0.4, 0.5) is 0 Å². The average molecular weight is 410 g/mol. The van der Waals surface area contributed by atoms with Gasteiger partial charge >= 0.3 is 0 Å². The molecule has 162 valence electrons. The maximum absolute atomic E-state index is 12.2. The molecular formula is C26H35NO3. The van der Waals surface area contributed by atoms with Crippen molar-refractivity contribution in [1.29, 1.82) is 0 Å². The summed E-state index contributed by atoms with van der Waals surface area (Å²) in [4.78, 5) is 14.5. The van der Waals surface area contributed by atoms with Crippen LogP contribution >= 0.6 is 0 Å². The second-order valence-electron chi connectivity index (χ2n) is 8.05. The van der Waals surface area contributed by atoms with Crippen LogP contribution in [0.2, 0.25) is 0 Å². The van der Waals surface area contributed by atoms with Crippen molar-refractivity contribution < 1.29 is 14.3 Å². The van der Waals surface area contributed by atoms with E-state index in [4.69, 9.17) is 9.47 Å². The van der Waals surface area contributed by atoms with Crippen LogP contribution in [0, 0.1) is 0 Å². The summed E-state index contributed by atoms with van der Waals surface area (Å²) in [6.07, 6.45) is 13.2. The molecule has 0 bridgehead atoms. The largest absolute Gasteiger partial charge is 0.492 e. The Bertz CT molecular complexity index is 806. The molecule has 2 aliphatic rings. The Labute approximate surface area is 181 Å². The molecule has 1 aliphatic heterocycles. The molecule has 0 amide bonds. The summed E-state index contributed by atoms with van der Waals surface area (Å²) >= 11 is 0. The first-order chi connectivity index (χ1) is 14.7. The molecule has 30 heavy (non-hydrogen) atoms. The summed E-state index contributed by atoms with van der Waals surface area (Å²) in [5.74, 6) is 1.26. The number of carbonyl (C=O) groups excluding carboxylic acids is 1. The van der Waals surface area contributed by atoms with Crippen LogP contribution in [0.1, 0.15) is 57.1 Å². The van der Waals surface area contributed by atoms with Crippen molar-refractivity contribution in [3.8, 4) is 5.75 Å². The molecule has 1 heterocycles. The van der Waals surface area contributed by atoms with Crippen LogP contribution < -0.4 is 4.74 Å². The molecule has 4 heteroatoms. The van der Waals surface area contributed by atoms with E-state index >= 15 is 0 Å². The third-order valence-corrected chi connectivity index (χ3v) is 5.75. The summed E-state index contributed by atoms with van der Waals surface area (Å²) in [5, 5.41) is 0. The highest BCUT2D eigenvalue weighted by Crippen LogP contribution is 2.26. The number of rotatable bonds is 9. The van der Waals surface area contributed by atoms with Gasteiger partial charge in [-0.25, -0.2) is 0 Å². The summed E-state index contributed by atoms with van der Waals surface area (Å²) < 4.78 is 11.9. The first-order valence-electron chi connectivity index (χ1n) is 11.3. The number of allylic oxidation sites excluding steroid dienone is 4. The Morgan fingerprint density at radius 2 is 2.23 bits per heavy atom. The molecule has 0 unspecified atom stereocenters. The van der Waals surface area contributed by atoms with E-state index < -0.39 is 0 Å². The Morgan fingerprint density at radius 1 is 1.33 bits per heavy atom. The Hall–Kier alpha value is -2.17. The molecule has 1 aromatic rings. The molecule has 0 N–H and O–H groups in total. The standard InChI is InChI=1S/C26H35NO3/c1-3-5-8-21(4-2)13-15-29-20-22-11-12-26-24(17-22)19-27(14-16-30-26)18-23-9-6-7-10-25(23)28/h3,5,8-9,11-12,17H,4,6-7,10,13-16,18-20H2,1-2H3. The van der Waals surface area contributed by atoms with Crippen LogP contribution in [0.3, 0.4) is 0 Å². The van der Waals surface area contributed by atoms with E-state index in [0.29, 0.717) is 25.4 Å². The molecule has 1 aromatic carbocycles. The van der Waals surface area contributed by atoms with Gasteiger partial charge in [-0.05, 0) is 50.3 Å². The van der Waals surface area contributed by atoms with Gasteiger partial charge in [-0.2, -0.15) is 0 Å². The molecule has 3 rings (SSSR count). The summed E-state index contributed by atoms with van der Waals surface area (Å²) in [7, 11) is 0. The van der Waals surface area contributed by atoms with E-state index in [2.05, 4.69) is 54.3 Å². The van der Waals surface area contributed by atoms with Gasteiger partial charge in [0, 0.05) is 37.2 Å². The van der Waals surface area contributed by atoms with E-state index in [1.54, 1.807) is 0 Å². The number of ketones is 1. The van der Waals surface area contributed by atoms with Gasteiger partial charge in [-0.3, -0.25) is 9.69 Å². The fraction of sp³-hybridized carbons (Fsp3) is 0.500. The van der Waals surface area contributed by atoms with E-state index in [1.165, 1.54) is 16.7 Å². The molecule has 0 saturated carbocycles. The van der Waals surface area contributed by atoms with Crippen LogP contribution in [0.25, 0.3) is 0 Å². The van der Waals surface area contributed by atoms with Crippen LogP contribution in [0.15, 0.2) is 53.6 Å². The van der Waals surface area contributed by atoms with Crippen molar-refractivity contribution in [1.82, 2.24) is 4.90 Å². The maximum Gasteiger partial charge on any atom is 0.159 e. The molecule has 1 aliphatic carbocycles. The minimum absolute atomic E-state index is 0.309. The lowest BCUT2D eigenvalue weighted by molar-refractivity contribution is -0.116. The van der Waals surface area contributed by atoms with Gasteiger partial charge in [0.1, 0.15) is 12.4 Å². The minimum atomic E-state index is 0.309. The third-order valence-electron chi connectivity index (χ3n) is 5.75. The fourth-order valence-corrected chi connectivity index (χ4v) is 3.94. The Kier molecular flexibility index (Phi) is 8.91. The molecule has 4 nitrogen and oxygen atoms in total. The van der Waals surface area contributed by atoms with Gasteiger partial charge in [0.05, 0.1) is 13.2 Å². The lowest BCUT2D eigenvalue weighted by Gasteiger charge is -2.22. The van der Waals surface area contributed by atoms with Gasteiger partial charge in [-0.1, -0.05) is 42.9 Å². The van der Waals surface area contributed by atoms with Gasteiger partial charge in [0.15, 0.2) is 5.78 Å². The maximum atomic E-state index is 12.2. The molecule has 0 atom stereocenters. The highest BCUT2D eigenvalue weighted by atomic mass is 16.5. The van der Waals surface area contributed by atoms with E-state index in [1.807, 2.05) is 6.92 Å².